The first-order valence-electron chi connectivity index (χ1n) is 9.44. The van der Waals surface area contributed by atoms with E-state index >= 15 is 0 Å². The van der Waals surface area contributed by atoms with Gasteiger partial charge in [-0.1, -0.05) is 0 Å². The number of ether oxygens (including phenoxy) is 3. The normalized spacial score (nSPS) is 10.5. The van der Waals surface area contributed by atoms with E-state index in [1.165, 1.54) is 13.2 Å². The predicted molar refractivity (Wildman–Crippen MR) is 115 cm³/mol. The molecule has 0 atom stereocenters. The Morgan fingerprint density at radius 1 is 1.13 bits per heavy atom. The summed E-state index contributed by atoms with van der Waals surface area (Å²) in [6, 6.07) is 6.40. The third-order valence-electron chi connectivity index (χ3n) is 3.85. The number of aryl methyl sites for hydroxylation is 1. The van der Waals surface area contributed by atoms with Crippen LogP contribution in [-0.2, 0) is 9.53 Å². The number of hydrogen-bond acceptors (Lipinski definition) is 7. The molecular weight excluding hydrogens is 408 g/mol. The Morgan fingerprint density at radius 3 is 2.50 bits per heavy atom. The maximum absolute atomic E-state index is 12.6. The van der Waals surface area contributed by atoms with Crippen LogP contribution in [0.3, 0.4) is 0 Å². The van der Waals surface area contributed by atoms with Crippen LogP contribution < -0.4 is 20.1 Å². The minimum Gasteiger partial charge on any atom is -0.493 e. The Bertz CT molecular complexity index is 922. The van der Waals surface area contributed by atoms with Crippen molar-refractivity contribution in [1.29, 1.82) is 0 Å². The van der Waals surface area contributed by atoms with Gasteiger partial charge >= 0.3 is 5.97 Å². The first-order valence-corrected chi connectivity index (χ1v) is 10.3. The van der Waals surface area contributed by atoms with Crippen molar-refractivity contribution in [2.75, 3.05) is 25.6 Å². The lowest BCUT2D eigenvalue weighted by molar-refractivity contribution is -0.123. The molecule has 162 valence electrons. The minimum atomic E-state index is -0.412. The molecule has 0 fully saturated rings. The Labute approximate surface area is 179 Å². The molecule has 8 nitrogen and oxygen atoms in total. The topological polar surface area (TPSA) is 103 Å². The van der Waals surface area contributed by atoms with Crippen molar-refractivity contribution in [3.8, 4) is 11.5 Å². The van der Waals surface area contributed by atoms with Crippen molar-refractivity contribution < 1.29 is 28.6 Å². The number of nitrogens with one attached hydrogen (secondary N) is 2. The van der Waals surface area contributed by atoms with Crippen molar-refractivity contribution in [3.63, 3.8) is 0 Å². The predicted octanol–water partition coefficient (Wildman–Crippen LogP) is 3.40. The van der Waals surface area contributed by atoms with Crippen molar-refractivity contribution in [2.45, 2.75) is 33.7 Å². The zero-order valence-electron chi connectivity index (χ0n) is 17.7. The smallest absolute Gasteiger partial charge is 0.348 e. The fraction of sp³-hybridized carbons (Fsp3) is 0.381. The van der Waals surface area contributed by atoms with Crippen LogP contribution in [0.25, 0.3) is 0 Å². The molecule has 0 saturated carbocycles. The van der Waals surface area contributed by atoms with Crippen LogP contribution in [-0.4, -0.2) is 44.1 Å². The van der Waals surface area contributed by atoms with E-state index in [4.69, 9.17) is 14.2 Å². The van der Waals surface area contributed by atoms with E-state index in [0.29, 0.717) is 26.9 Å². The summed E-state index contributed by atoms with van der Waals surface area (Å²) in [5, 5.41) is 6.03. The standard InChI is InChI=1S/C21H26N2O6S/c1-6-28-21(26)19-13(4)9-18(30-19)23-20(25)14-7-8-15(16(10-14)27-5)29-11-17(24)22-12(2)3/h7-10,12H,6,11H2,1-5H3,(H,22,24)(H,23,25). The fourth-order valence-electron chi connectivity index (χ4n) is 2.56. The zero-order chi connectivity index (χ0) is 22.3. The van der Waals surface area contributed by atoms with Gasteiger partial charge in [0, 0.05) is 11.6 Å². The summed E-state index contributed by atoms with van der Waals surface area (Å²) in [5.74, 6) is -0.349. The van der Waals surface area contributed by atoms with Crippen LogP contribution in [0.4, 0.5) is 5.00 Å². The van der Waals surface area contributed by atoms with Gasteiger partial charge in [-0.2, -0.15) is 0 Å². The molecule has 2 rings (SSSR count). The van der Waals surface area contributed by atoms with Gasteiger partial charge in [0.05, 0.1) is 18.7 Å². The van der Waals surface area contributed by atoms with Gasteiger partial charge in [0.2, 0.25) is 0 Å². The van der Waals surface area contributed by atoms with Crippen LogP contribution in [0.1, 0.15) is 46.4 Å². The molecule has 0 unspecified atom stereocenters. The van der Waals surface area contributed by atoms with Gasteiger partial charge < -0.3 is 24.8 Å². The molecule has 2 N–H and O–H groups in total. The molecule has 2 amide bonds. The average Bonchev–Trinajstić information content (AvgIpc) is 3.06. The second-order valence-electron chi connectivity index (χ2n) is 6.67. The molecule has 0 radical (unpaired) electrons. The number of carbonyl (C=O) groups is 3. The van der Waals surface area contributed by atoms with E-state index in [-0.39, 0.29) is 31.1 Å². The van der Waals surface area contributed by atoms with Crippen molar-refractivity contribution in [2.24, 2.45) is 0 Å². The summed E-state index contributed by atoms with van der Waals surface area (Å²) in [6.45, 7) is 7.35. The van der Waals surface area contributed by atoms with Gasteiger partial charge in [0.15, 0.2) is 18.1 Å². The highest BCUT2D eigenvalue weighted by Crippen LogP contribution is 2.30. The Kier molecular flexibility index (Phi) is 8.23. The average molecular weight is 435 g/mol. The summed E-state index contributed by atoms with van der Waals surface area (Å²) < 4.78 is 15.8. The van der Waals surface area contributed by atoms with E-state index in [0.717, 1.165) is 16.9 Å². The summed E-state index contributed by atoms with van der Waals surface area (Å²) in [6.07, 6.45) is 0. The van der Waals surface area contributed by atoms with E-state index in [2.05, 4.69) is 10.6 Å². The van der Waals surface area contributed by atoms with Crippen LogP contribution in [0.2, 0.25) is 0 Å². The molecular formula is C21H26N2O6S. The third kappa shape index (κ3) is 6.21. The molecule has 2 aromatic rings. The molecule has 0 saturated heterocycles. The highest BCUT2D eigenvalue weighted by molar-refractivity contribution is 7.18. The molecule has 0 aliphatic heterocycles. The highest BCUT2D eigenvalue weighted by atomic mass is 32.1. The van der Waals surface area contributed by atoms with Crippen LogP contribution in [0.15, 0.2) is 24.3 Å². The quantitative estimate of drug-likeness (QED) is 0.587. The molecule has 1 aromatic heterocycles. The first-order chi connectivity index (χ1) is 14.2. The van der Waals surface area contributed by atoms with Gasteiger partial charge in [0.1, 0.15) is 4.88 Å². The number of carbonyl (C=O) groups excluding carboxylic acids is 3. The number of amides is 2. The lowest BCUT2D eigenvalue weighted by Crippen LogP contribution is -2.34. The van der Waals surface area contributed by atoms with Crippen LogP contribution in [0, 0.1) is 6.92 Å². The summed E-state index contributed by atoms with van der Waals surface area (Å²) in [4.78, 5) is 36.8. The maximum Gasteiger partial charge on any atom is 0.348 e. The minimum absolute atomic E-state index is 0.0132. The molecule has 0 aliphatic carbocycles. The number of methoxy groups -OCH3 is 1. The second-order valence-corrected chi connectivity index (χ2v) is 7.73. The lowest BCUT2D eigenvalue weighted by Gasteiger charge is -2.13. The van der Waals surface area contributed by atoms with Crippen LogP contribution >= 0.6 is 11.3 Å². The molecule has 1 heterocycles. The number of hydrogen-bond donors (Lipinski definition) is 2. The van der Waals surface area contributed by atoms with E-state index in [9.17, 15) is 14.4 Å². The summed E-state index contributed by atoms with van der Waals surface area (Å²) in [5.41, 5.74) is 1.07. The molecule has 0 aliphatic rings. The summed E-state index contributed by atoms with van der Waals surface area (Å²) in [7, 11) is 1.45. The second kappa shape index (κ2) is 10.6. The van der Waals surface area contributed by atoms with Crippen molar-refractivity contribution >= 4 is 34.1 Å². The number of rotatable bonds is 9. The van der Waals surface area contributed by atoms with E-state index in [1.54, 1.807) is 32.0 Å². The largest absolute Gasteiger partial charge is 0.493 e. The van der Waals surface area contributed by atoms with Gasteiger partial charge in [-0.05, 0) is 57.5 Å². The zero-order valence-corrected chi connectivity index (χ0v) is 18.5. The van der Waals surface area contributed by atoms with Crippen molar-refractivity contribution in [3.05, 3.63) is 40.3 Å². The Morgan fingerprint density at radius 2 is 1.87 bits per heavy atom. The molecule has 0 bridgehead atoms. The van der Waals surface area contributed by atoms with Gasteiger partial charge in [-0.3, -0.25) is 9.59 Å². The maximum atomic E-state index is 12.6. The van der Waals surface area contributed by atoms with Gasteiger partial charge in [-0.25, -0.2) is 4.79 Å². The van der Waals surface area contributed by atoms with E-state index < -0.39 is 5.97 Å². The Balaban J connectivity index is 2.09. The molecule has 1 aromatic carbocycles. The van der Waals surface area contributed by atoms with Crippen molar-refractivity contribution in [1.82, 2.24) is 5.32 Å². The number of esters is 1. The van der Waals surface area contributed by atoms with Gasteiger partial charge in [0.25, 0.3) is 11.8 Å². The van der Waals surface area contributed by atoms with Crippen LogP contribution in [0.5, 0.6) is 11.5 Å². The highest BCUT2D eigenvalue weighted by Gasteiger charge is 2.17. The lowest BCUT2D eigenvalue weighted by atomic mass is 10.2. The molecule has 30 heavy (non-hydrogen) atoms. The van der Waals surface area contributed by atoms with E-state index in [1.807, 2.05) is 13.8 Å². The third-order valence-corrected chi connectivity index (χ3v) is 4.98. The molecule has 9 heteroatoms. The monoisotopic (exact) mass is 434 g/mol. The number of thiophene rings is 1. The fourth-order valence-corrected chi connectivity index (χ4v) is 3.52. The summed E-state index contributed by atoms with van der Waals surface area (Å²) >= 11 is 1.15. The number of anilines is 1. The SMILES string of the molecule is CCOC(=O)c1sc(NC(=O)c2ccc(OCC(=O)NC(C)C)c(OC)c2)cc1C. The molecule has 0 spiro atoms. The number of benzene rings is 1. The Hall–Kier alpha value is -3.07. The first kappa shape index (κ1) is 23.2. The van der Waals surface area contributed by atoms with Gasteiger partial charge in [-0.15, -0.1) is 11.3 Å².